The normalized spacial score (nSPS) is 9.68. The van der Waals surface area contributed by atoms with Gasteiger partial charge in [0.05, 0.1) is 12.2 Å². The first-order valence-corrected chi connectivity index (χ1v) is 7.13. The summed E-state index contributed by atoms with van der Waals surface area (Å²) in [5.74, 6) is 0. The maximum absolute atomic E-state index is 10.6. The first kappa shape index (κ1) is 15.6. The van der Waals surface area contributed by atoms with Crippen molar-refractivity contribution in [3.05, 3.63) is 53.6 Å². The fraction of sp³-hybridized carbons (Fsp3) is 0.222. The molecule has 0 atom stereocenters. The van der Waals surface area contributed by atoms with Crippen LogP contribution < -0.4 is 0 Å². The van der Waals surface area contributed by atoms with Gasteiger partial charge < -0.3 is 0 Å². The predicted molar refractivity (Wildman–Crippen MR) is 85.7 cm³/mol. The van der Waals surface area contributed by atoms with E-state index in [-0.39, 0.29) is 0 Å². The summed E-state index contributed by atoms with van der Waals surface area (Å²) in [6, 6.07) is 13.8. The zero-order chi connectivity index (χ0) is 15.8. The average Bonchev–Trinajstić information content (AvgIpc) is 2.57. The van der Waals surface area contributed by atoms with E-state index in [1.54, 1.807) is 12.2 Å². The van der Waals surface area contributed by atoms with Crippen molar-refractivity contribution in [2.45, 2.75) is 19.8 Å². The van der Waals surface area contributed by atoms with Gasteiger partial charge in [0.1, 0.15) is 0 Å². The Morgan fingerprint density at radius 3 is 2.36 bits per heavy atom. The predicted octanol–water partition coefficient (Wildman–Crippen LogP) is 3.76. The SMILES string of the molecule is CCc1c(-c2ccccc2)ccc(N=C=O)c1CCN=C=O. The number of hydrogen-bond donors (Lipinski definition) is 0. The third kappa shape index (κ3) is 3.44. The molecule has 0 N–H and O–H groups in total. The van der Waals surface area contributed by atoms with E-state index in [0.29, 0.717) is 18.7 Å². The second kappa shape index (κ2) is 7.84. The molecule has 22 heavy (non-hydrogen) atoms. The first-order chi connectivity index (χ1) is 10.8. The summed E-state index contributed by atoms with van der Waals surface area (Å²) in [7, 11) is 0. The molecule has 0 saturated heterocycles. The molecular weight excluding hydrogens is 276 g/mol. The van der Waals surface area contributed by atoms with Crippen LogP contribution in [0.3, 0.4) is 0 Å². The molecule has 0 fully saturated rings. The monoisotopic (exact) mass is 292 g/mol. The average molecular weight is 292 g/mol. The second-order valence-corrected chi connectivity index (χ2v) is 4.74. The standard InChI is InChI=1S/C18H16N2O2/c1-2-15-16(14-6-4-3-5-7-14)8-9-18(20-13-22)17(15)10-11-19-12-21/h3-9H,2,10-11H2,1H3. The summed E-state index contributed by atoms with van der Waals surface area (Å²) in [5.41, 5.74) is 4.86. The number of rotatable bonds is 6. The number of nitrogens with zero attached hydrogens (tertiary/aromatic N) is 2. The van der Waals surface area contributed by atoms with Gasteiger partial charge in [-0.3, -0.25) is 0 Å². The molecule has 0 bridgehead atoms. The van der Waals surface area contributed by atoms with Crippen molar-refractivity contribution in [3.63, 3.8) is 0 Å². The van der Waals surface area contributed by atoms with E-state index >= 15 is 0 Å². The highest BCUT2D eigenvalue weighted by atomic mass is 16.1. The van der Waals surface area contributed by atoms with Gasteiger partial charge in [0.15, 0.2) is 0 Å². The van der Waals surface area contributed by atoms with E-state index in [1.807, 2.05) is 42.5 Å². The van der Waals surface area contributed by atoms with Crippen LogP contribution in [0.2, 0.25) is 0 Å². The molecule has 0 radical (unpaired) electrons. The van der Waals surface area contributed by atoms with Crippen LogP contribution in [0, 0.1) is 0 Å². The Morgan fingerprint density at radius 1 is 0.955 bits per heavy atom. The highest BCUT2D eigenvalue weighted by Gasteiger charge is 2.13. The van der Waals surface area contributed by atoms with Gasteiger partial charge >= 0.3 is 0 Å². The lowest BCUT2D eigenvalue weighted by Gasteiger charge is -2.15. The number of carbonyl (C=O) groups excluding carboxylic acids is 2. The van der Waals surface area contributed by atoms with E-state index in [0.717, 1.165) is 28.7 Å². The molecule has 2 aromatic rings. The maximum atomic E-state index is 10.6. The van der Waals surface area contributed by atoms with Crippen molar-refractivity contribution in [1.29, 1.82) is 0 Å². The van der Waals surface area contributed by atoms with Crippen LogP contribution >= 0.6 is 0 Å². The molecule has 2 aromatic carbocycles. The van der Waals surface area contributed by atoms with Crippen molar-refractivity contribution in [2.24, 2.45) is 9.98 Å². The fourth-order valence-electron chi connectivity index (χ4n) is 2.62. The Bertz CT molecular complexity index is 741. The summed E-state index contributed by atoms with van der Waals surface area (Å²) in [6.07, 6.45) is 4.47. The number of hydrogen-bond acceptors (Lipinski definition) is 4. The summed E-state index contributed by atoms with van der Waals surface area (Å²) >= 11 is 0. The maximum Gasteiger partial charge on any atom is 0.240 e. The van der Waals surface area contributed by atoms with Crippen LogP contribution in [-0.4, -0.2) is 18.7 Å². The molecule has 110 valence electrons. The van der Waals surface area contributed by atoms with Crippen LogP contribution in [0.25, 0.3) is 11.1 Å². The molecular formula is C18H16N2O2. The van der Waals surface area contributed by atoms with Gasteiger partial charge in [-0.2, -0.15) is 4.99 Å². The van der Waals surface area contributed by atoms with E-state index in [2.05, 4.69) is 16.9 Å². The lowest BCUT2D eigenvalue weighted by molar-refractivity contribution is 0.562. The van der Waals surface area contributed by atoms with E-state index < -0.39 is 0 Å². The van der Waals surface area contributed by atoms with Gasteiger partial charge in [-0.05, 0) is 41.2 Å². The quantitative estimate of drug-likeness (QED) is 0.601. The van der Waals surface area contributed by atoms with E-state index in [1.165, 1.54) is 0 Å². The van der Waals surface area contributed by atoms with Crippen LogP contribution in [0.4, 0.5) is 5.69 Å². The summed E-state index contributed by atoms with van der Waals surface area (Å²) < 4.78 is 0. The van der Waals surface area contributed by atoms with Crippen molar-refractivity contribution >= 4 is 17.8 Å². The van der Waals surface area contributed by atoms with Crippen LogP contribution in [0.15, 0.2) is 52.4 Å². The third-order valence-corrected chi connectivity index (χ3v) is 3.55. The van der Waals surface area contributed by atoms with Crippen molar-refractivity contribution < 1.29 is 9.59 Å². The van der Waals surface area contributed by atoms with Gasteiger partial charge in [0.2, 0.25) is 12.2 Å². The van der Waals surface area contributed by atoms with Gasteiger partial charge in [-0.15, -0.1) is 0 Å². The van der Waals surface area contributed by atoms with Gasteiger partial charge in [-0.25, -0.2) is 14.6 Å². The molecule has 0 aromatic heterocycles. The molecule has 0 heterocycles. The molecule has 0 aliphatic heterocycles. The Balaban J connectivity index is 2.59. The molecule has 2 rings (SSSR count). The van der Waals surface area contributed by atoms with Crippen LogP contribution in [-0.2, 0) is 22.4 Å². The largest absolute Gasteiger partial charge is 0.240 e. The molecule has 0 spiro atoms. The van der Waals surface area contributed by atoms with Crippen LogP contribution in [0.1, 0.15) is 18.1 Å². The minimum atomic E-state index is 0.329. The smallest absolute Gasteiger partial charge is 0.211 e. The summed E-state index contributed by atoms with van der Waals surface area (Å²) in [4.78, 5) is 28.3. The minimum Gasteiger partial charge on any atom is -0.211 e. The Kier molecular flexibility index (Phi) is 5.56. The van der Waals surface area contributed by atoms with Gasteiger partial charge in [0, 0.05) is 0 Å². The van der Waals surface area contributed by atoms with Crippen molar-refractivity contribution in [2.75, 3.05) is 6.54 Å². The lowest BCUT2D eigenvalue weighted by atomic mass is 9.91. The Morgan fingerprint density at radius 2 is 1.73 bits per heavy atom. The van der Waals surface area contributed by atoms with Crippen molar-refractivity contribution in [1.82, 2.24) is 0 Å². The molecule has 0 aliphatic rings. The van der Waals surface area contributed by atoms with E-state index in [9.17, 15) is 9.59 Å². The molecule has 4 nitrogen and oxygen atoms in total. The number of aliphatic imine (C=N–C) groups is 2. The highest BCUT2D eigenvalue weighted by molar-refractivity contribution is 5.73. The van der Waals surface area contributed by atoms with Gasteiger partial charge in [-0.1, -0.05) is 43.3 Å². The topological polar surface area (TPSA) is 58.9 Å². The highest BCUT2D eigenvalue weighted by Crippen LogP contribution is 2.33. The zero-order valence-corrected chi connectivity index (χ0v) is 12.4. The third-order valence-electron chi connectivity index (χ3n) is 3.55. The van der Waals surface area contributed by atoms with Crippen LogP contribution in [0.5, 0.6) is 0 Å². The first-order valence-electron chi connectivity index (χ1n) is 7.13. The molecule has 0 unspecified atom stereocenters. The minimum absolute atomic E-state index is 0.329. The summed E-state index contributed by atoms with van der Waals surface area (Å²) in [6.45, 7) is 2.39. The second-order valence-electron chi connectivity index (χ2n) is 4.74. The molecule has 4 heteroatoms. The Labute approximate surface area is 129 Å². The Hall–Kier alpha value is -2.80. The van der Waals surface area contributed by atoms with Gasteiger partial charge in [0.25, 0.3) is 0 Å². The fourth-order valence-corrected chi connectivity index (χ4v) is 2.62. The summed E-state index contributed by atoms with van der Waals surface area (Å²) in [5, 5.41) is 0. The van der Waals surface area contributed by atoms with E-state index in [4.69, 9.17) is 0 Å². The number of benzene rings is 2. The lowest BCUT2D eigenvalue weighted by Crippen LogP contribution is -1.99. The molecule has 0 amide bonds. The molecule has 0 saturated carbocycles. The zero-order valence-electron chi connectivity index (χ0n) is 12.4. The molecule has 0 aliphatic carbocycles. The number of isocyanates is 2. The van der Waals surface area contributed by atoms with Crippen molar-refractivity contribution in [3.8, 4) is 11.1 Å².